The van der Waals surface area contributed by atoms with Crippen molar-refractivity contribution in [3.05, 3.63) is 35.9 Å². The quantitative estimate of drug-likeness (QED) is 0.737. The highest BCUT2D eigenvalue weighted by atomic mass is 32.2. The van der Waals surface area contributed by atoms with Crippen molar-refractivity contribution in [1.29, 1.82) is 0 Å². The van der Waals surface area contributed by atoms with Gasteiger partial charge in [0, 0.05) is 12.2 Å². The summed E-state index contributed by atoms with van der Waals surface area (Å²) in [7, 11) is 0. The van der Waals surface area contributed by atoms with Gasteiger partial charge in [-0.1, -0.05) is 18.2 Å². The van der Waals surface area contributed by atoms with E-state index in [-0.39, 0.29) is 0 Å². The highest BCUT2D eigenvalue weighted by molar-refractivity contribution is 7.80. The van der Waals surface area contributed by atoms with Gasteiger partial charge in [0.25, 0.3) is 0 Å². The maximum atomic E-state index is 11.6. The number of hydrogen-bond donors (Lipinski definition) is 0. The van der Waals surface area contributed by atoms with Crippen LogP contribution < -0.4 is 0 Å². The molecule has 0 N–H and O–H groups in total. The van der Waals surface area contributed by atoms with Gasteiger partial charge in [-0.05, 0) is 18.6 Å². The van der Waals surface area contributed by atoms with Crippen molar-refractivity contribution in [1.82, 2.24) is 0 Å². The second-order valence-corrected chi connectivity index (χ2v) is 4.66. The van der Waals surface area contributed by atoms with Gasteiger partial charge in [-0.15, -0.1) is 0 Å². The van der Waals surface area contributed by atoms with Gasteiger partial charge in [-0.25, -0.2) is 13.2 Å². The molecule has 16 heavy (non-hydrogen) atoms. The maximum absolute atomic E-state index is 11.6. The SMILES string of the molecule is O=C(O[C@@H]1CCC[S@](=O)O1)c1ccccc1. The molecule has 5 heteroatoms. The number of ether oxygens (including phenoxy) is 1. The maximum Gasteiger partial charge on any atom is 0.340 e. The normalized spacial score (nSPS) is 25.0. The van der Waals surface area contributed by atoms with Crippen molar-refractivity contribution in [3.8, 4) is 0 Å². The average molecular weight is 240 g/mol. The Morgan fingerprint density at radius 3 is 2.81 bits per heavy atom. The fourth-order valence-corrected chi connectivity index (χ4v) is 2.30. The van der Waals surface area contributed by atoms with Crippen LogP contribution in [0.15, 0.2) is 30.3 Å². The smallest absolute Gasteiger partial charge is 0.340 e. The van der Waals surface area contributed by atoms with Gasteiger partial charge in [0.15, 0.2) is 11.1 Å². The third kappa shape index (κ3) is 2.90. The number of carbonyl (C=O) groups is 1. The Labute approximate surface area is 96.2 Å². The van der Waals surface area contributed by atoms with Gasteiger partial charge in [0.2, 0.25) is 6.29 Å². The summed E-state index contributed by atoms with van der Waals surface area (Å²) in [6.45, 7) is 0. The molecule has 0 aliphatic carbocycles. The summed E-state index contributed by atoms with van der Waals surface area (Å²) in [6, 6.07) is 8.68. The minimum absolute atomic E-state index is 0.440. The van der Waals surface area contributed by atoms with E-state index in [1.807, 2.05) is 6.07 Å². The van der Waals surface area contributed by atoms with Crippen LogP contribution in [-0.4, -0.2) is 22.2 Å². The summed E-state index contributed by atoms with van der Waals surface area (Å²) in [5, 5.41) is 0. The molecule has 1 fully saturated rings. The summed E-state index contributed by atoms with van der Waals surface area (Å²) in [5.41, 5.74) is 0.474. The minimum atomic E-state index is -1.32. The Hall–Kier alpha value is -1.20. The molecular weight excluding hydrogens is 228 g/mol. The largest absolute Gasteiger partial charge is 0.431 e. The van der Waals surface area contributed by atoms with Crippen LogP contribution in [0.2, 0.25) is 0 Å². The van der Waals surface area contributed by atoms with Gasteiger partial charge in [-0.3, -0.25) is 0 Å². The van der Waals surface area contributed by atoms with Crippen molar-refractivity contribution < 1.29 is 17.9 Å². The van der Waals surface area contributed by atoms with Crippen LogP contribution in [0.1, 0.15) is 23.2 Å². The highest BCUT2D eigenvalue weighted by Gasteiger charge is 2.23. The van der Waals surface area contributed by atoms with E-state index in [9.17, 15) is 9.00 Å². The minimum Gasteiger partial charge on any atom is -0.431 e. The van der Waals surface area contributed by atoms with Crippen LogP contribution >= 0.6 is 0 Å². The zero-order chi connectivity index (χ0) is 11.4. The number of esters is 1. The topological polar surface area (TPSA) is 52.6 Å². The van der Waals surface area contributed by atoms with Crippen LogP contribution in [0, 0.1) is 0 Å². The van der Waals surface area contributed by atoms with E-state index in [1.54, 1.807) is 24.3 Å². The molecule has 0 aromatic heterocycles. The van der Waals surface area contributed by atoms with Gasteiger partial charge in [0.05, 0.1) is 5.56 Å². The molecule has 0 unspecified atom stereocenters. The fourth-order valence-electron chi connectivity index (χ4n) is 1.42. The van der Waals surface area contributed by atoms with Crippen LogP contribution in [0.3, 0.4) is 0 Å². The molecule has 2 rings (SSSR count). The summed E-state index contributed by atoms with van der Waals surface area (Å²) in [4.78, 5) is 11.6. The lowest BCUT2D eigenvalue weighted by Gasteiger charge is -2.21. The molecule has 86 valence electrons. The predicted molar refractivity (Wildman–Crippen MR) is 59.0 cm³/mol. The van der Waals surface area contributed by atoms with Gasteiger partial charge >= 0.3 is 5.97 Å². The fraction of sp³-hybridized carbons (Fsp3) is 0.364. The molecule has 1 heterocycles. The Balaban J connectivity index is 1.95. The van der Waals surface area contributed by atoms with E-state index in [2.05, 4.69) is 0 Å². The van der Waals surface area contributed by atoms with Crippen molar-refractivity contribution in [2.75, 3.05) is 5.75 Å². The van der Waals surface area contributed by atoms with E-state index < -0.39 is 23.3 Å². The zero-order valence-corrected chi connectivity index (χ0v) is 9.44. The third-order valence-corrected chi connectivity index (χ3v) is 3.26. The molecule has 1 aromatic rings. The number of carbonyl (C=O) groups excluding carboxylic acids is 1. The predicted octanol–water partition coefficient (Wildman–Crippen LogP) is 1.64. The lowest BCUT2D eigenvalue weighted by atomic mass is 10.2. The van der Waals surface area contributed by atoms with Crippen molar-refractivity contribution in [3.63, 3.8) is 0 Å². The highest BCUT2D eigenvalue weighted by Crippen LogP contribution is 2.15. The molecule has 0 amide bonds. The number of rotatable bonds is 2. The van der Waals surface area contributed by atoms with E-state index in [0.717, 1.165) is 6.42 Å². The average Bonchev–Trinajstić information content (AvgIpc) is 2.30. The first kappa shape index (κ1) is 11.3. The standard InChI is InChI=1S/C11H12O4S/c12-11(9-5-2-1-3-6-9)14-10-7-4-8-16(13)15-10/h1-3,5-6,10H,4,7-8H2/t10-,16+/m0/s1. The lowest BCUT2D eigenvalue weighted by molar-refractivity contribution is -0.0502. The van der Waals surface area contributed by atoms with Gasteiger partial charge in [0.1, 0.15) is 0 Å². The Morgan fingerprint density at radius 2 is 2.12 bits per heavy atom. The van der Waals surface area contributed by atoms with E-state index in [4.69, 9.17) is 8.92 Å². The van der Waals surface area contributed by atoms with E-state index >= 15 is 0 Å². The Kier molecular flexibility index (Phi) is 3.69. The molecule has 1 aliphatic rings. The van der Waals surface area contributed by atoms with Gasteiger partial charge < -0.3 is 4.74 Å². The van der Waals surface area contributed by atoms with Gasteiger partial charge in [-0.2, -0.15) is 0 Å². The van der Waals surface area contributed by atoms with E-state index in [0.29, 0.717) is 17.7 Å². The summed E-state index contributed by atoms with van der Waals surface area (Å²) in [5.74, 6) is 0.0730. The Morgan fingerprint density at radius 1 is 1.38 bits per heavy atom. The number of benzene rings is 1. The molecule has 0 saturated carbocycles. The van der Waals surface area contributed by atoms with E-state index in [1.165, 1.54) is 0 Å². The molecule has 0 spiro atoms. The molecule has 1 aromatic carbocycles. The second-order valence-electron chi connectivity index (χ2n) is 3.45. The molecule has 4 nitrogen and oxygen atoms in total. The molecular formula is C11H12O4S. The summed E-state index contributed by atoms with van der Waals surface area (Å²) in [6.07, 6.45) is 0.672. The molecule has 1 saturated heterocycles. The first-order valence-corrected chi connectivity index (χ1v) is 6.31. The summed E-state index contributed by atoms with van der Waals surface area (Å²) < 4.78 is 21.2. The number of hydrogen-bond acceptors (Lipinski definition) is 4. The second kappa shape index (κ2) is 5.23. The molecule has 0 bridgehead atoms. The van der Waals surface area contributed by atoms with Crippen molar-refractivity contribution >= 4 is 17.0 Å². The Bertz CT molecular complexity index is 390. The third-order valence-electron chi connectivity index (χ3n) is 2.21. The van der Waals surface area contributed by atoms with Crippen LogP contribution in [-0.2, 0) is 20.0 Å². The van der Waals surface area contributed by atoms with Crippen LogP contribution in [0.25, 0.3) is 0 Å². The molecule has 1 aliphatic heterocycles. The molecule has 2 atom stereocenters. The monoisotopic (exact) mass is 240 g/mol. The summed E-state index contributed by atoms with van der Waals surface area (Å²) >= 11 is -1.32. The van der Waals surface area contributed by atoms with Crippen LogP contribution in [0.4, 0.5) is 0 Å². The first-order valence-electron chi connectivity index (χ1n) is 5.07. The van der Waals surface area contributed by atoms with Crippen LogP contribution in [0.5, 0.6) is 0 Å². The molecule has 0 radical (unpaired) electrons. The first-order chi connectivity index (χ1) is 7.75. The lowest BCUT2D eigenvalue weighted by Crippen LogP contribution is -2.27. The zero-order valence-electron chi connectivity index (χ0n) is 8.63. The van der Waals surface area contributed by atoms with Crippen molar-refractivity contribution in [2.24, 2.45) is 0 Å². The van der Waals surface area contributed by atoms with Crippen molar-refractivity contribution in [2.45, 2.75) is 19.1 Å².